The van der Waals surface area contributed by atoms with Gasteiger partial charge in [0.1, 0.15) is 0 Å². The molecule has 0 fully saturated rings. The van der Waals surface area contributed by atoms with Crippen LogP contribution in [0.1, 0.15) is 11.1 Å². The molecule has 0 unspecified atom stereocenters. The lowest BCUT2D eigenvalue weighted by molar-refractivity contribution is -0.202. The maximum Gasteiger partial charge on any atom is 0.493 e. The fourth-order valence-corrected chi connectivity index (χ4v) is 0.796. The zero-order valence-electron chi connectivity index (χ0n) is 8.33. The van der Waals surface area contributed by atoms with E-state index in [1.54, 1.807) is 6.92 Å². The zero-order chi connectivity index (χ0) is 12.5. The van der Waals surface area contributed by atoms with Crippen molar-refractivity contribution >= 4 is 5.97 Å². The number of halogens is 3. The van der Waals surface area contributed by atoms with E-state index in [2.05, 4.69) is 9.94 Å². The Morgan fingerprint density at radius 3 is 2.50 bits per heavy atom. The third-order valence-corrected chi connectivity index (χ3v) is 1.84. The smallest absolute Gasteiger partial charge is 0.306 e. The van der Waals surface area contributed by atoms with E-state index >= 15 is 0 Å². The maximum absolute atomic E-state index is 11.8. The van der Waals surface area contributed by atoms with Gasteiger partial charge in [0.05, 0.1) is 6.20 Å². The van der Waals surface area contributed by atoms with Crippen molar-refractivity contribution in [2.24, 2.45) is 0 Å². The van der Waals surface area contributed by atoms with Gasteiger partial charge >= 0.3 is 17.7 Å². The van der Waals surface area contributed by atoms with Crippen molar-refractivity contribution in [2.45, 2.75) is 20.0 Å². The van der Waals surface area contributed by atoms with E-state index in [4.69, 9.17) is 0 Å². The minimum atomic E-state index is -5.17. The molecule has 1 aromatic heterocycles. The normalized spacial score (nSPS) is 11.3. The second-order valence-electron chi connectivity index (χ2n) is 3.01. The highest BCUT2D eigenvalue weighted by molar-refractivity contribution is 5.75. The predicted molar refractivity (Wildman–Crippen MR) is 45.6 cm³/mol. The number of hydrogen-bond donors (Lipinski definition) is 0. The Balaban J connectivity index is 3.05. The summed E-state index contributed by atoms with van der Waals surface area (Å²) in [6.07, 6.45) is -4.04. The highest BCUT2D eigenvalue weighted by Gasteiger charge is 2.42. The van der Waals surface area contributed by atoms with Gasteiger partial charge < -0.3 is 4.84 Å². The van der Waals surface area contributed by atoms with Crippen molar-refractivity contribution in [3.8, 4) is 0 Å². The Morgan fingerprint density at radius 2 is 2.00 bits per heavy atom. The average Bonchev–Trinajstić information content (AvgIpc) is 2.17. The minimum Gasteiger partial charge on any atom is -0.306 e. The first-order valence-electron chi connectivity index (χ1n) is 4.08. The summed E-state index contributed by atoms with van der Waals surface area (Å²) < 4.78 is 35.5. The SMILES string of the molecule is Cc1cnn(OC(=O)C(F)(F)F)c(=O)c1C. The molecule has 0 atom stereocenters. The van der Waals surface area contributed by atoms with E-state index in [1.165, 1.54) is 6.92 Å². The van der Waals surface area contributed by atoms with Gasteiger partial charge in [0.2, 0.25) is 0 Å². The number of carbonyl (C=O) groups excluding carboxylic acids is 1. The Morgan fingerprint density at radius 1 is 1.44 bits per heavy atom. The quantitative estimate of drug-likeness (QED) is 0.707. The monoisotopic (exact) mass is 236 g/mol. The van der Waals surface area contributed by atoms with Gasteiger partial charge in [-0.05, 0) is 24.3 Å². The lowest BCUT2D eigenvalue weighted by atomic mass is 10.2. The standard InChI is InChI=1S/C8H7F3N2O3/c1-4-3-12-13(6(14)5(4)2)16-7(15)8(9,10)11/h3H,1-2H3. The van der Waals surface area contributed by atoms with Crippen LogP contribution in [-0.2, 0) is 4.79 Å². The second-order valence-corrected chi connectivity index (χ2v) is 3.01. The number of nitrogens with zero attached hydrogens (tertiary/aromatic N) is 2. The average molecular weight is 236 g/mol. The molecular formula is C8H7F3N2O3. The zero-order valence-corrected chi connectivity index (χ0v) is 8.33. The van der Waals surface area contributed by atoms with Crippen LogP contribution in [-0.4, -0.2) is 22.1 Å². The Labute approximate surface area is 87.4 Å². The van der Waals surface area contributed by atoms with Gasteiger partial charge in [0.25, 0.3) is 0 Å². The number of carbonyl (C=O) groups is 1. The Bertz CT molecular complexity index is 478. The molecule has 16 heavy (non-hydrogen) atoms. The molecule has 0 bridgehead atoms. The van der Waals surface area contributed by atoms with Crippen molar-refractivity contribution in [2.75, 3.05) is 0 Å². The third-order valence-electron chi connectivity index (χ3n) is 1.84. The van der Waals surface area contributed by atoms with E-state index in [9.17, 15) is 22.8 Å². The van der Waals surface area contributed by atoms with E-state index in [-0.39, 0.29) is 10.4 Å². The van der Waals surface area contributed by atoms with Gasteiger partial charge in [-0.1, -0.05) is 0 Å². The fraction of sp³-hybridized carbons (Fsp3) is 0.375. The largest absolute Gasteiger partial charge is 0.493 e. The Kier molecular flexibility index (Phi) is 3.02. The molecule has 1 rings (SSSR count). The molecule has 8 heteroatoms. The molecule has 0 spiro atoms. The summed E-state index contributed by atoms with van der Waals surface area (Å²) in [5.41, 5.74) is -0.258. The first-order valence-corrected chi connectivity index (χ1v) is 4.08. The molecule has 5 nitrogen and oxygen atoms in total. The first-order chi connectivity index (χ1) is 7.23. The fourth-order valence-electron chi connectivity index (χ4n) is 0.796. The summed E-state index contributed by atoms with van der Waals surface area (Å²) in [6, 6.07) is 0. The third kappa shape index (κ3) is 2.38. The van der Waals surface area contributed by atoms with Crippen LogP contribution in [0.4, 0.5) is 13.2 Å². The van der Waals surface area contributed by atoms with Crippen LogP contribution in [0.3, 0.4) is 0 Å². The summed E-state index contributed by atoms with van der Waals surface area (Å²) in [7, 11) is 0. The molecule has 1 heterocycles. The van der Waals surface area contributed by atoms with Crippen LogP contribution in [0.25, 0.3) is 0 Å². The Hall–Kier alpha value is -1.86. The number of aromatic nitrogens is 2. The molecule has 0 aromatic carbocycles. The summed E-state index contributed by atoms with van der Waals surface area (Å²) >= 11 is 0. The van der Waals surface area contributed by atoms with Crippen molar-refractivity contribution < 1.29 is 22.8 Å². The van der Waals surface area contributed by atoms with Crippen molar-refractivity contribution in [3.63, 3.8) is 0 Å². The molecule has 0 radical (unpaired) electrons. The lowest BCUT2D eigenvalue weighted by Crippen LogP contribution is -2.40. The van der Waals surface area contributed by atoms with E-state index in [0.29, 0.717) is 5.56 Å². The lowest BCUT2D eigenvalue weighted by Gasteiger charge is -2.07. The van der Waals surface area contributed by atoms with Gasteiger partial charge in [-0.25, -0.2) is 4.79 Å². The first kappa shape index (κ1) is 12.2. The van der Waals surface area contributed by atoms with E-state index in [0.717, 1.165) is 6.20 Å². The number of rotatable bonds is 1. The van der Waals surface area contributed by atoms with Gasteiger partial charge in [0.15, 0.2) is 0 Å². The van der Waals surface area contributed by atoms with Gasteiger partial charge in [-0.2, -0.15) is 13.2 Å². The van der Waals surface area contributed by atoms with Gasteiger partial charge in [-0.3, -0.25) is 4.79 Å². The van der Waals surface area contributed by atoms with Gasteiger partial charge in [0, 0.05) is 5.56 Å². The molecular weight excluding hydrogens is 229 g/mol. The number of aryl methyl sites for hydroxylation is 1. The van der Waals surface area contributed by atoms with Crippen LogP contribution in [0.15, 0.2) is 11.0 Å². The van der Waals surface area contributed by atoms with Crippen molar-refractivity contribution in [3.05, 3.63) is 27.7 Å². The minimum absolute atomic E-state index is 0.0121. The molecule has 0 aliphatic rings. The molecule has 0 aliphatic carbocycles. The molecule has 0 aliphatic heterocycles. The van der Waals surface area contributed by atoms with Crippen LogP contribution in [0, 0.1) is 13.8 Å². The van der Waals surface area contributed by atoms with E-state index in [1.807, 2.05) is 0 Å². The van der Waals surface area contributed by atoms with Crippen molar-refractivity contribution in [1.29, 1.82) is 0 Å². The number of hydrogen-bond acceptors (Lipinski definition) is 4. The number of alkyl halides is 3. The molecule has 1 aromatic rings. The van der Waals surface area contributed by atoms with Crippen LogP contribution < -0.4 is 10.4 Å². The molecule has 0 N–H and O–H groups in total. The van der Waals surface area contributed by atoms with Gasteiger partial charge in [-0.15, -0.1) is 5.10 Å². The van der Waals surface area contributed by atoms with Crippen molar-refractivity contribution in [1.82, 2.24) is 9.94 Å². The molecule has 88 valence electrons. The summed E-state index contributed by atoms with van der Waals surface area (Å²) in [5, 5.41) is 3.25. The summed E-state index contributed by atoms with van der Waals surface area (Å²) in [4.78, 5) is 25.5. The second kappa shape index (κ2) is 3.95. The maximum atomic E-state index is 11.8. The van der Waals surface area contributed by atoms with E-state index < -0.39 is 17.7 Å². The highest BCUT2D eigenvalue weighted by Crippen LogP contribution is 2.14. The van der Waals surface area contributed by atoms with Crippen LogP contribution >= 0.6 is 0 Å². The molecule has 0 saturated carbocycles. The summed E-state index contributed by atoms with van der Waals surface area (Å²) in [5.74, 6) is -2.50. The van der Waals surface area contributed by atoms with Crippen LogP contribution in [0.5, 0.6) is 0 Å². The summed E-state index contributed by atoms with van der Waals surface area (Å²) in [6.45, 7) is 2.94. The van der Waals surface area contributed by atoms with Crippen LogP contribution in [0.2, 0.25) is 0 Å². The predicted octanol–water partition coefficient (Wildman–Crippen LogP) is 0.378. The molecule has 0 saturated heterocycles. The topological polar surface area (TPSA) is 61.2 Å². The molecule has 0 amide bonds. The highest BCUT2D eigenvalue weighted by atomic mass is 19.4.